The van der Waals surface area contributed by atoms with Crippen molar-refractivity contribution in [1.29, 1.82) is 0 Å². The minimum atomic E-state index is -0.209. The average molecular weight is 211 g/mol. The molecule has 0 aliphatic carbocycles. The molecule has 0 amide bonds. The zero-order valence-electron chi connectivity index (χ0n) is 8.16. The maximum Gasteiger partial charge on any atom is 0.124 e. The van der Waals surface area contributed by atoms with E-state index in [1.807, 2.05) is 13.0 Å². The fourth-order valence-corrected chi connectivity index (χ4v) is 1.91. The van der Waals surface area contributed by atoms with Crippen molar-refractivity contribution in [2.75, 3.05) is 5.75 Å². The van der Waals surface area contributed by atoms with Crippen LogP contribution in [0.3, 0.4) is 0 Å². The second-order valence-corrected chi connectivity index (χ2v) is 4.31. The molecular weight excluding hydrogens is 197 g/mol. The third-order valence-corrected chi connectivity index (χ3v) is 2.97. The van der Waals surface area contributed by atoms with Gasteiger partial charge in [0.2, 0.25) is 0 Å². The summed E-state index contributed by atoms with van der Waals surface area (Å²) in [6.45, 7) is 5.67. The highest BCUT2D eigenvalue weighted by Gasteiger charge is 2.03. The van der Waals surface area contributed by atoms with E-state index in [9.17, 15) is 4.39 Å². The van der Waals surface area contributed by atoms with Crippen LogP contribution in [0.25, 0.3) is 0 Å². The summed E-state index contributed by atoms with van der Waals surface area (Å²) in [5, 5.41) is 0. The summed E-state index contributed by atoms with van der Waals surface area (Å²) in [7, 11) is 0. The predicted octanol–water partition coefficient (Wildman–Crippen LogP) is 2.82. The minimum absolute atomic E-state index is 0.0248. The van der Waals surface area contributed by atoms with Crippen molar-refractivity contribution in [3.8, 4) is 0 Å². The SMILES string of the molecule is C=C(C)C(N)CSc1cccc(F)c1. The van der Waals surface area contributed by atoms with Gasteiger partial charge in [0, 0.05) is 16.7 Å². The van der Waals surface area contributed by atoms with Gasteiger partial charge >= 0.3 is 0 Å². The molecule has 0 spiro atoms. The molecule has 0 saturated carbocycles. The number of halogens is 1. The first-order chi connectivity index (χ1) is 6.59. The van der Waals surface area contributed by atoms with E-state index in [-0.39, 0.29) is 11.9 Å². The Morgan fingerprint density at radius 1 is 1.64 bits per heavy atom. The molecule has 3 heteroatoms. The second-order valence-electron chi connectivity index (χ2n) is 3.22. The topological polar surface area (TPSA) is 26.0 Å². The van der Waals surface area contributed by atoms with Crippen LogP contribution in [-0.4, -0.2) is 11.8 Å². The first-order valence-electron chi connectivity index (χ1n) is 4.39. The molecule has 0 heterocycles. The van der Waals surface area contributed by atoms with E-state index in [1.165, 1.54) is 12.1 Å². The third-order valence-electron chi connectivity index (χ3n) is 1.86. The lowest BCUT2D eigenvalue weighted by Crippen LogP contribution is -2.23. The fourth-order valence-electron chi connectivity index (χ4n) is 0.885. The normalized spacial score (nSPS) is 12.5. The largest absolute Gasteiger partial charge is 0.324 e. The molecule has 0 saturated heterocycles. The molecule has 1 aromatic rings. The van der Waals surface area contributed by atoms with Crippen LogP contribution in [-0.2, 0) is 0 Å². The minimum Gasteiger partial charge on any atom is -0.324 e. The highest BCUT2D eigenvalue weighted by Crippen LogP contribution is 2.20. The van der Waals surface area contributed by atoms with Gasteiger partial charge in [0.1, 0.15) is 5.82 Å². The Morgan fingerprint density at radius 2 is 2.36 bits per heavy atom. The Balaban J connectivity index is 2.49. The van der Waals surface area contributed by atoms with E-state index < -0.39 is 0 Å². The van der Waals surface area contributed by atoms with Crippen LogP contribution in [0.1, 0.15) is 6.92 Å². The molecule has 1 atom stereocenters. The van der Waals surface area contributed by atoms with E-state index in [0.29, 0.717) is 0 Å². The van der Waals surface area contributed by atoms with Crippen molar-refractivity contribution in [2.45, 2.75) is 17.9 Å². The van der Waals surface area contributed by atoms with Gasteiger partial charge in [0.05, 0.1) is 0 Å². The van der Waals surface area contributed by atoms with Crippen LogP contribution in [0, 0.1) is 5.82 Å². The standard InChI is InChI=1S/C11H14FNS/c1-8(2)11(13)7-14-10-5-3-4-9(12)6-10/h3-6,11H,1,7,13H2,2H3. The molecule has 2 N–H and O–H groups in total. The summed E-state index contributed by atoms with van der Waals surface area (Å²) >= 11 is 1.55. The molecule has 0 aliphatic heterocycles. The van der Waals surface area contributed by atoms with Crippen LogP contribution in [0.2, 0.25) is 0 Å². The Labute approximate surface area is 88.2 Å². The summed E-state index contributed by atoms with van der Waals surface area (Å²) in [6.07, 6.45) is 0. The summed E-state index contributed by atoms with van der Waals surface area (Å²) in [5.74, 6) is 0.526. The van der Waals surface area contributed by atoms with Crippen molar-refractivity contribution in [2.24, 2.45) is 5.73 Å². The molecule has 0 aromatic heterocycles. The van der Waals surface area contributed by atoms with Gasteiger partial charge in [0.25, 0.3) is 0 Å². The first-order valence-corrected chi connectivity index (χ1v) is 5.37. The molecule has 1 rings (SSSR count). The molecule has 0 aliphatic rings. The van der Waals surface area contributed by atoms with Gasteiger partial charge in [-0.25, -0.2) is 4.39 Å². The lowest BCUT2D eigenvalue weighted by Gasteiger charge is -2.10. The van der Waals surface area contributed by atoms with E-state index in [2.05, 4.69) is 6.58 Å². The van der Waals surface area contributed by atoms with Crippen LogP contribution in [0.4, 0.5) is 4.39 Å². The zero-order chi connectivity index (χ0) is 10.6. The molecule has 0 fully saturated rings. The van der Waals surface area contributed by atoms with Crippen molar-refractivity contribution in [3.05, 3.63) is 42.2 Å². The molecule has 0 bridgehead atoms. The third kappa shape index (κ3) is 3.52. The van der Waals surface area contributed by atoms with Crippen molar-refractivity contribution in [1.82, 2.24) is 0 Å². The molecule has 1 aromatic carbocycles. The fraction of sp³-hybridized carbons (Fsp3) is 0.273. The molecular formula is C11H14FNS. The van der Waals surface area contributed by atoms with Crippen molar-refractivity contribution in [3.63, 3.8) is 0 Å². The predicted molar refractivity (Wildman–Crippen MR) is 59.9 cm³/mol. The van der Waals surface area contributed by atoms with Gasteiger partial charge in [-0.15, -0.1) is 11.8 Å². The van der Waals surface area contributed by atoms with Gasteiger partial charge in [-0.2, -0.15) is 0 Å². The smallest absolute Gasteiger partial charge is 0.124 e. The van der Waals surface area contributed by atoms with Crippen molar-refractivity contribution >= 4 is 11.8 Å². The van der Waals surface area contributed by atoms with E-state index in [1.54, 1.807) is 17.8 Å². The number of hydrogen-bond acceptors (Lipinski definition) is 2. The summed E-state index contributed by atoms with van der Waals surface area (Å²) < 4.78 is 12.8. The molecule has 0 radical (unpaired) electrons. The molecule has 76 valence electrons. The van der Waals surface area contributed by atoms with E-state index in [4.69, 9.17) is 5.73 Å². The lowest BCUT2D eigenvalue weighted by molar-refractivity contribution is 0.624. The highest BCUT2D eigenvalue weighted by atomic mass is 32.2. The van der Waals surface area contributed by atoms with Gasteiger partial charge in [-0.3, -0.25) is 0 Å². The van der Waals surface area contributed by atoms with Crippen LogP contribution in [0.5, 0.6) is 0 Å². The maximum absolute atomic E-state index is 12.8. The summed E-state index contributed by atoms with van der Waals surface area (Å²) in [4.78, 5) is 0.904. The van der Waals surface area contributed by atoms with E-state index >= 15 is 0 Å². The Morgan fingerprint density at radius 3 is 2.93 bits per heavy atom. The van der Waals surface area contributed by atoms with Gasteiger partial charge in [-0.1, -0.05) is 18.2 Å². The monoisotopic (exact) mass is 211 g/mol. The molecule has 1 unspecified atom stereocenters. The number of rotatable bonds is 4. The Kier molecular flexibility index (Phi) is 4.17. The number of hydrogen-bond donors (Lipinski definition) is 1. The molecule has 1 nitrogen and oxygen atoms in total. The first kappa shape index (κ1) is 11.3. The zero-order valence-corrected chi connectivity index (χ0v) is 8.98. The average Bonchev–Trinajstić information content (AvgIpc) is 2.14. The summed E-state index contributed by atoms with van der Waals surface area (Å²) in [6, 6.07) is 6.49. The Bertz CT molecular complexity index is 325. The number of benzene rings is 1. The number of thioether (sulfide) groups is 1. The van der Waals surface area contributed by atoms with Crippen LogP contribution in [0.15, 0.2) is 41.3 Å². The second kappa shape index (κ2) is 5.17. The van der Waals surface area contributed by atoms with Gasteiger partial charge < -0.3 is 5.73 Å². The summed E-state index contributed by atoms with van der Waals surface area (Å²) in [5.41, 5.74) is 6.74. The van der Waals surface area contributed by atoms with Crippen molar-refractivity contribution < 1.29 is 4.39 Å². The lowest BCUT2D eigenvalue weighted by atomic mass is 10.2. The quantitative estimate of drug-likeness (QED) is 0.612. The highest BCUT2D eigenvalue weighted by molar-refractivity contribution is 7.99. The van der Waals surface area contributed by atoms with Gasteiger partial charge in [0.15, 0.2) is 0 Å². The maximum atomic E-state index is 12.8. The van der Waals surface area contributed by atoms with Gasteiger partial charge in [-0.05, 0) is 25.1 Å². The van der Waals surface area contributed by atoms with E-state index in [0.717, 1.165) is 16.2 Å². The molecule has 14 heavy (non-hydrogen) atoms. The number of nitrogens with two attached hydrogens (primary N) is 1. The van der Waals surface area contributed by atoms with Crippen LogP contribution < -0.4 is 5.73 Å². The van der Waals surface area contributed by atoms with Crippen LogP contribution >= 0.6 is 11.8 Å². The Hall–Kier alpha value is -0.800.